The maximum Gasteiger partial charge on any atom is 0.282 e. The van der Waals surface area contributed by atoms with Crippen LogP contribution in [0.3, 0.4) is 0 Å². The van der Waals surface area contributed by atoms with Gasteiger partial charge in [0.05, 0.1) is 10.2 Å². The van der Waals surface area contributed by atoms with Crippen LogP contribution in [0.25, 0.3) is 21.5 Å². The van der Waals surface area contributed by atoms with Crippen LogP contribution in [0.4, 0.5) is 5.13 Å². The van der Waals surface area contributed by atoms with Crippen LogP contribution in [-0.4, -0.2) is 47.1 Å². The van der Waals surface area contributed by atoms with Gasteiger partial charge in [-0.25, -0.2) is 4.98 Å². The van der Waals surface area contributed by atoms with E-state index in [1.807, 2.05) is 49.4 Å². The predicted molar refractivity (Wildman–Crippen MR) is 138 cm³/mol. The number of amides is 1. The first-order valence-electron chi connectivity index (χ1n) is 10.6. The van der Waals surface area contributed by atoms with E-state index in [1.54, 1.807) is 11.0 Å². The summed E-state index contributed by atoms with van der Waals surface area (Å²) in [5, 5.41) is 5.37. The number of carbonyl (C=O) groups is 1. The lowest BCUT2D eigenvalue weighted by Crippen LogP contribution is -2.39. The first-order chi connectivity index (χ1) is 15.5. The second-order valence-electron chi connectivity index (χ2n) is 7.44. The van der Waals surface area contributed by atoms with Gasteiger partial charge in [-0.3, -0.25) is 9.69 Å². The molecule has 0 radical (unpaired) electrons. The van der Waals surface area contributed by atoms with Gasteiger partial charge in [-0.2, -0.15) is 0 Å². The Morgan fingerprint density at radius 2 is 1.82 bits per heavy atom. The second kappa shape index (κ2) is 11.1. The zero-order chi connectivity index (χ0) is 22.7. The minimum Gasteiger partial charge on any atom is -0.355 e. The van der Waals surface area contributed by atoms with E-state index < -0.39 is 0 Å². The largest absolute Gasteiger partial charge is 0.355 e. The number of halogens is 2. The summed E-state index contributed by atoms with van der Waals surface area (Å²) >= 11 is 7.77. The summed E-state index contributed by atoms with van der Waals surface area (Å²) in [5.74, 6) is 0.329. The molecule has 4 rings (SSSR count). The topological polar surface area (TPSA) is 62.5 Å². The van der Waals surface area contributed by atoms with Gasteiger partial charge in [0.2, 0.25) is 0 Å². The monoisotopic (exact) mass is 504 g/mol. The molecule has 33 heavy (non-hydrogen) atoms. The molecule has 2 aromatic heterocycles. The van der Waals surface area contributed by atoms with Gasteiger partial charge in [-0.05, 0) is 37.7 Å². The number of thiazole rings is 1. The molecule has 0 aliphatic heterocycles. The van der Waals surface area contributed by atoms with Gasteiger partial charge in [-0.1, -0.05) is 72.3 Å². The highest BCUT2D eigenvalue weighted by Crippen LogP contribution is 2.34. The summed E-state index contributed by atoms with van der Waals surface area (Å²) in [6.45, 7) is 9.23. The van der Waals surface area contributed by atoms with Crippen molar-refractivity contribution >= 4 is 56.6 Å². The summed E-state index contributed by atoms with van der Waals surface area (Å²) in [5.41, 5.74) is 2.87. The minimum atomic E-state index is -0.231. The molecule has 0 aliphatic rings. The highest BCUT2D eigenvalue weighted by atomic mass is 35.5. The van der Waals surface area contributed by atoms with Gasteiger partial charge >= 0.3 is 0 Å². The number of likely N-dealkylation sites (N-methyl/N-ethyl adjacent to an activating group) is 1. The van der Waals surface area contributed by atoms with Gasteiger partial charge in [-0.15, -0.1) is 12.4 Å². The molecule has 0 unspecified atom stereocenters. The Balaban J connectivity index is 0.00000306. The Morgan fingerprint density at radius 3 is 2.52 bits per heavy atom. The Kier molecular flexibility index (Phi) is 8.48. The summed E-state index contributed by atoms with van der Waals surface area (Å²) in [4.78, 5) is 22.3. The molecule has 0 spiro atoms. The molecule has 0 fully saturated rings. The zero-order valence-corrected chi connectivity index (χ0v) is 21.1. The van der Waals surface area contributed by atoms with Crippen molar-refractivity contribution in [2.45, 2.75) is 20.8 Å². The van der Waals surface area contributed by atoms with E-state index in [0.717, 1.165) is 41.0 Å². The summed E-state index contributed by atoms with van der Waals surface area (Å²) < 4.78 is 6.47. The molecule has 0 atom stereocenters. The number of carbonyl (C=O) groups excluding carboxylic acids is 1. The molecule has 0 saturated carbocycles. The van der Waals surface area contributed by atoms with Crippen molar-refractivity contribution in [1.29, 1.82) is 0 Å². The molecule has 6 nitrogen and oxygen atoms in total. The highest BCUT2D eigenvalue weighted by molar-refractivity contribution is 7.22. The van der Waals surface area contributed by atoms with Crippen LogP contribution in [0.15, 0.2) is 53.1 Å². The fourth-order valence-corrected chi connectivity index (χ4v) is 4.72. The van der Waals surface area contributed by atoms with Gasteiger partial charge in [0.15, 0.2) is 16.6 Å². The first kappa shape index (κ1) is 25.2. The third-order valence-corrected chi connectivity index (χ3v) is 6.99. The van der Waals surface area contributed by atoms with Crippen LogP contribution in [0.2, 0.25) is 5.02 Å². The van der Waals surface area contributed by atoms with Crippen LogP contribution >= 0.6 is 35.3 Å². The maximum absolute atomic E-state index is 13.5. The molecule has 174 valence electrons. The molecular weight excluding hydrogens is 479 g/mol. The fourth-order valence-electron chi connectivity index (χ4n) is 3.52. The molecule has 2 aromatic carbocycles. The standard InChI is InChI=1S/C24H25ClN4O2S.ClH/c1-4-28(5-2)13-14-29(24-26-22-16(3)18(25)11-12-21(22)32-24)23(30)19-15-20(31-27-19)17-9-7-6-8-10-17;/h6-12,15H,4-5,13-14H2,1-3H3;1H. The summed E-state index contributed by atoms with van der Waals surface area (Å²) in [6.07, 6.45) is 0. The average molecular weight is 505 g/mol. The maximum atomic E-state index is 13.5. The molecule has 4 aromatic rings. The number of aromatic nitrogens is 2. The lowest BCUT2D eigenvalue weighted by molar-refractivity contribution is 0.0975. The van der Waals surface area contributed by atoms with Crippen molar-refractivity contribution in [2.24, 2.45) is 0 Å². The minimum absolute atomic E-state index is 0. The van der Waals surface area contributed by atoms with Crippen molar-refractivity contribution in [2.75, 3.05) is 31.1 Å². The van der Waals surface area contributed by atoms with Gasteiger partial charge < -0.3 is 9.42 Å². The number of anilines is 1. The van der Waals surface area contributed by atoms with E-state index in [4.69, 9.17) is 21.1 Å². The third kappa shape index (κ3) is 5.38. The first-order valence-corrected chi connectivity index (χ1v) is 11.8. The van der Waals surface area contributed by atoms with E-state index in [-0.39, 0.29) is 24.0 Å². The van der Waals surface area contributed by atoms with Crippen molar-refractivity contribution in [3.8, 4) is 11.3 Å². The normalized spacial score (nSPS) is 11.1. The molecule has 0 saturated heterocycles. The number of hydrogen-bond acceptors (Lipinski definition) is 6. The Bertz CT molecular complexity index is 1220. The molecule has 0 bridgehead atoms. The van der Waals surface area contributed by atoms with Gasteiger partial charge in [0.25, 0.3) is 5.91 Å². The number of rotatable bonds is 8. The van der Waals surface area contributed by atoms with E-state index in [2.05, 4.69) is 23.9 Å². The Labute approximate surface area is 208 Å². The van der Waals surface area contributed by atoms with E-state index in [1.165, 1.54) is 11.3 Å². The van der Waals surface area contributed by atoms with E-state index >= 15 is 0 Å². The second-order valence-corrected chi connectivity index (χ2v) is 8.86. The molecule has 9 heteroatoms. The molecular formula is C24H26Cl2N4O2S. The fraction of sp³-hybridized carbons (Fsp3) is 0.292. The number of benzene rings is 2. The third-order valence-electron chi connectivity index (χ3n) is 5.53. The average Bonchev–Trinajstić information content (AvgIpc) is 3.48. The highest BCUT2D eigenvalue weighted by Gasteiger charge is 2.25. The Morgan fingerprint density at radius 1 is 1.09 bits per heavy atom. The van der Waals surface area contributed by atoms with Crippen molar-refractivity contribution in [3.63, 3.8) is 0 Å². The van der Waals surface area contributed by atoms with Crippen LogP contribution < -0.4 is 4.90 Å². The lowest BCUT2D eigenvalue weighted by atomic mass is 10.1. The Hall–Kier alpha value is -2.45. The number of nitrogens with zero attached hydrogens (tertiary/aromatic N) is 4. The summed E-state index contributed by atoms with van der Waals surface area (Å²) in [6, 6.07) is 15.1. The summed E-state index contributed by atoms with van der Waals surface area (Å²) in [7, 11) is 0. The van der Waals surface area contributed by atoms with E-state index in [9.17, 15) is 4.79 Å². The van der Waals surface area contributed by atoms with Gasteiger partial charge in [0, 0.05) is 29.7 Å². The van der Waals surface area contributed by atoms with Crippen molar-refractivity contribution < 1.29 is 9.32 Å². The smallest absolute Gasteiger partial charge is 0.282 e. The molecule has 0 aliphatic carbocycles. The number of hydrogen-bond donors (Lipinski definition) is 0. The zero-order valence-electron chi connectivity index (χ0n) is 18.7. The molecule has 1 amide bonds. The molecule has 2 heterocycles. The number of aryl methyl sites for hydroxylation is 1. The quantitative estimate of drug-likeness (QED) is 0.280. The predicted octanol–water partition coefficient (Wildman–Crippen LogP) is 6.32. The van der Waals surface area contributed by atoms with Crippen LogP contribution in [0.1, 0.15) is 29.9 Å². The van der Waals surface area contributed by atoms with Crippen LogP contribution in [-0.2, 0) is 0 Å². The van der Waals surface area contributed by atoms with Crippen molar-refractivity contribution in [1.82, 2.24) is 15.0 Å². The molecule has 0 N–H and O–H groups in total. The van der Waals surface area contributed by atoms with Crippen LogP contribution in [0.5, 0.6) is 0 Å². The lowest BCUT2D eigenvalue weighted by Gasteiger charge is -2.24. The van der Waals surface area contributed by atoms with E-state index in [0.29, 0.717) is 22.5 Å². The van der Waals surface area contributed by atoms with Gasteiger partial charge in [0.1, 0.15) is 0 Å². The SMILES string of the molecule is CCN(CC)CCN(C(=O)c1cc(-c2ccccc2)on1)c1nc2c(C)c(Cl)ccc2s1.Cl. The number of fused-ring (bicyclic) bond motifs is 1. The van der Waals surface area contributed by atoms with Crippen LogP contribution in [0, 0.1) is 6.92 Å². The van der Waals surface area contributed by atoms with Crippen molar-refractivity contribution in [3.05, 3.63) is 64.8 Å².